The Morgan fingerprint density at radius 2 is 1.92 bits per heavy atom. The molecule has 0 heterocycles. The van der Waals surface area contributed by atoms with Crippen LogP contribution in [0.15, 0.2) is 42.5 Å². The molecule has 0 aliphatic heterocycles. The molecule has 2 aromatic rings. The van der Waals surface area contributed by atoms with E-state index in [1.807, 2.05) is 18.7 Å². The van der Waals surface area contributed by atoms with Gasteiger partial charge in [0.25, 0.3) is 0 Å². The molecule has 2 rings (SSSR count). The quantitative estimate of drug-likeness (QED) is 0.542. The number of carboxylic acids is 1. The van der Waals surface area contributed by atoms with Crippen molar-refractivity contribution in [3.63, 3.8) is 0 Å². The molecular formula is C18H19ClN2O5. The number of nitro benzene ring substituents is 1. The van der Waals surface area contributed by atoms with E-state index in [1.165, 1.54) is 18.2 Å². The van der Waals surface area contributed by atoms with Gasteiger partial charge in [-0.3, -0.25) is 19.8 Å². The Hall–Kier alpha value is -2.64. The van der Waals surface area contributed by atoms with Gasteiger partial charge >= 0.3 is 11.7 Å². The summed E-state index contributed by atoms with van der Waals surface area (Å²) < 4.78 is 5.59. The van der Waals surface area contributed by atoms with E-state index in [1.54, 1.807) is 24.3 Å². The minimum absolute atomic E-state index is 0.0487. The second-order valence-electron chi connectivity index (χ2n) is 6.01. The predicted octanol–water partition coefficient (Wildman–Crippen LogP) is 4.34. The molecule has 1 N–H and O–H groups in total. The molecule has 0 atom stereocenters. The van der Waals surface area contributed by atoms with Gasteiger partial charge in [-0.15, -0.1) is 0 Å². The van der Waals surface area contributed by atoms with Crippen molar-refractivity contribution in [1.29, 1.82) is 0 Å². The summed E-state index contributed by atoms with van der Waals surface area (Å²) in [7, 11) is 0. The van der Waals surface area contributed by atoms with E-state index in [-0.39, 0.29) is 29.0 Å². The zero-order chi connectivity index (χ0) is 19.3. The first-order chi connectivity index (χ1) is 12.3. The summed E-state index contributed by atoms with van der Waals surface area (Å²) in [5.74, 6) is -0.343. The first-order valence-corrected chi connectivity index (χ1v) is 8.30. The first kappa shape index (κ1) is 19.7. The Morgan fingerprint density at radius 3 is 2.46 bits per heavy atom. The van der Waals surface area contributed by atoms with Gasteiger partial charge in [0.1, 0.15) is 5.75 Å². The number of hydrogen-bond donors (Lipinski definition) is 1. The Bertz CT molecular complexity index is 793. The fourth-order valence-corrected chi connectivity index (χ4v) is 2.51. The van der Waals surface area contributed by atoms with Gasteiger partial charge in [0.15, 0.2) is 0 Å². The van der Waals surface area contributed by atoms with Crippen LogP contribution >= 0.6 is 11.6 Å². The number of carbonyl (C=O) groups is 1. The Balaban J connectivity index is 2.13. The van der Waals surface area contributed by atoms with E-state index in [4.69, 9.17) is 21.4 Å². The summed E-state index contributed by atoms with van der Waals surface area (Å²) in [6.45, 7) is 4.29. The van der Waals surface area contributed by atoms with Crippen LogP contribution in [0.5, 0.6) is 11.5 Å². The van der Waals surface area contributed by atoms with Crippen molar-refractivity contribution >= 4 is 23.3 Å². The summed E-state index contributed by atoms with van der Waals surface area (Å²) in [5, 5.41) is 20.3. The van der Waals surface area contributed by atoms with Crippen LogP contribution < -0.4 is 4.74 Å². The lowest BCUT2D eigenvalue weighted by molar-refractivity contribution is -0.385. The normalized spacial score (nSPS) is 11.0. The Labute approximate surface area is 155 Å². The average molecular weight is 379 g/mol. The summed E-state index contributed by atoms with van der Waals surface area (Å²) in [5.41, 5.74) is 0.701. The lowest BCUT2D eigenvalue weighted by Crippen LogP contribution is -2.35. The molecule has 0 saturated heterocycles. The number of carboxylic acid groups (broad SMARTS) is 1. The molecule has 0 aliphatic rings. The van der Waals surface area contributed by atoms with E-state index in [2.05, 4.69) is 0 Å². The predicted molar refractivity (Wildman–Crippen MR) is 97.8 cm³/mol. The lowest BCUT2D eigenvalue weighted by Gasteiger charge is -2.24. The van der Waals surface area contributed by atoms with Crippen LogP contribution in [-0.2, 0) is 11.3 Å². The zero-order valence-corrected chi connectivity index (χ0v) is 15.1. The van der Waals surface area contributed by atoms with Crippen molar-refractivity contribution in [3.8, 4) is 11.5 Å². The second kappa shape index (κ2) is 8.64. The molecule has 26 heavy (non-hydrogen) atoms. The van der Waals surface area contributed by atoms with Crippen LogP contribution in [-0.4, -0.2) is 33.5 Å². The highest BCUT2D eigenvalue weighted by atomic mass is 35.5. The molecule has 138 valence electrons. The van der Waals surface area contributed by atoms with Gasteiger partial charge in [0.05, 0.1) is 11.5 Å². The smallest absolute Gasteiger partial charge is 0.317 e. The monoisotopic (exact) mass is 378 g/mol. The summed E-state index contributed by atoms with van der Waals surface area (Å²) in [6.07, 6.45) is 0. The number of nitrogens with zero attached hydrogens (tertiary/aromatic N) is 2. The minimum Gasteiger partial charge on any atom is -0.480 e. The molecular weight excluding hydrogens is 360 g/mol. The van der Waals surface area contributed by atoms with E-state index >= 15 is 0 Å². The molecule has 2 aromatic carbocycles. The van der Waals surface area contributed by atoms with Gasteiger partial charge in [0.2, 0.25) is 5.75 Å². The summed E-state index contributed by atoms with van der Waals surface area (Å²) >= 11 is 5.79. The maximum atomic E-state index is 11.1. The van der Waals surface area contributed by atoms with E-state index in [0.29, 0.717) is 12.3 Å². The second-order valence-corrected chi connectivity index (χ2v) is 6.44. The fourth-order valence-electron chi connectivity index (χ4n) is 2.34. The van der Waals surface area contributed by atoms with Crippen molar-refractivity contribution < 1.29 is 19.6 Å². The number of rotatable bonds is 8. The number of nitro groups is 1. The standard InChI is InChI=1S/C18H19ClN2O5/c1-12(2)20(11-18(22)23)10-13-3-6-15(7-4-13)26-17-8-5-14(19)9-16(17)21(24)25/h3-9,12H,10-11H2,1-2H3,(H,22,23). The molecule has 0 aliphatic carbocycles. The molecule has 0 radical (unpaired) electrons. The molecule has 0 aromatic heterocycles. The van der Waals surface area contributed by atoms with Crippen molar-refractivity contribution in [1.82, 2.24) is 4.90 Å². The number of halogens is 1. The third-order valence-electron chi connectivity index (χ3n) is 3.72. The highest BCUT2D eigenvalue weighted by molar-refractivity contribution is 6.30. The Morgan fingerprint density at radius 1 is 1.27 bits per heavy atom. The first-order valence-electron chi connectivity index (χ1n) is 7.93. The summed E-state index contributed by atoms with van der Waals surface area (Å²) in [4.78, 5) is 23.3. The number of hydrogen-bond acceptors (Lipinski definition) is 5. The highest BCUT2D eigenvalue weighted by Gasteiger charge is 2.17. The van der Waals surface area contributed by atoms with E-state index in [9.17, 15) is 14.9 Å². The van der Waals surface area contributed by atoms with Crippen LogP contribution in [0.3, 0.4) is 0 Å². The van der Waals surface area contributed by atoms with Gasteiger partial charge in [-0.2, -0.15) is 0 Å². The van der Waals surface area contributed by atoms with Crippen LogP contribution in [0.1, 0.15) is 19.4 Å². The van der Waals surface area contributed by atoms with Crippen molar-refractivity contribution in [2.75, 3.05) is 6.54 Å². The summed E-state index contributed by atoms with van der Waals surface area (Å²) in [6, 6.07) is 11.3. The van der Waals surface area contributed by atoms with Gasteiger partial charge in [-0.05, 0) is 43.7 Å². The molecule has 7 nitrogen and oxygen atoms in total. The molecule has 0 amide bonds. The number of benzene rings is 2. The third-order valence-corrected chi connectivity index (χ3v) is 3.96. The molecule has 0 unspecified atom stereocenters. The maximum Gasteiger partial charge on any atom is 0.317 e. The van der Waals surface area contributed by atoms with Crippen molar-refractivity contribution in [2.24, 2.45) is 0 Å². The molecule has 0 bridgehead atoms. The fraction of sp³-hybridized carbons (Fsp3) is 0.278. The SMILES string of the molecule is CC(C)N(CC(=O)O)Cc1ccc(Oc2ccc(Cl)cc2[N+](=O)[O-])cc1. The average Bonchev–Trinajstić information content (AvgIpc) is 2.56. The Kier molecular flexibility index (Phi) is 6.54. The van der Waals surface area contributed by atoms with E-state index in [0.717, 1.165) is 5.56 Å². The minimum atomic E-state index is -0.881. The molecule has 0 saturated carbocycles. The topological polar surface area (TPSA) is 92.9 Å². The zero-order valence-electron chi connectivity index (χ0n) is 14.4. The van der Waals surface area contributed by atoms with Crippen LogP contribution in [0, 0.1) is 10.1 Å². The van der Waals surface area contributed by atoms with Crippen LogP contribution in [0.4, 0.5) is 5.69 Å². The molecule has 0 spiro atoms. The van der Waals surface area contributed by atoms with E-state index < -0.39 is 10.9 Å². The number of ether oxygens (including phenoxy) is 1. The molecule has 8 heteroatoms. The number of aliphatic carboxylic acids is 1. The maximum absolute atomic E-state index is 11.1. The van der Waals surface area contributed by atoms with Gasteiger partial charge in [0, 0.05) is 23.7 Å². The largest absolute Gasteiger partial charge is 0.480 e. The third kappa shape index (κ3) is 5.44. The van der Waals surface area contributed by atoms with Crippen LogP contribution in [0.2, 0.25) is 5.02 Å². The lowest BCUT2D eigenvalue weighted by atomic mass is 10.2. The van der Waals surface area contributed by atoms with Crippen LogP contribution in [0.25, 0.3) is 0 Å². The van der Waals surface area contributed by atoms with Gasteiger partial charge in [-0.1, -0.05) is 23.7 Å². The van der Waals surface area contributed by atoms with Gasteiger partial charge < -0.3 is 9.84 Å². The van der Waals surface area contributed by atoms with Crippen molar-refractivity contribution in [2.45, 2.75) is 26.4 Å². The molecule has 0 fully saturated rings. The van der Waals surface area contributed by atoms with Gasteiger partial charge in [-0.25, -0.2) is 0 Å². The highest BCUT2D eigenvalue weighted by Crippen LogP contribution is 2.33. The van der Waals surface area contributed by atoms with Crippen molar-refractivity contribution in [3.05, 3.63) is 63.2 Å².